The molecule has 0 unspecified atom stereocenters. The van der Waals surface area contributed by atoms with Crippen LogP contribution in [0.3, 0.4) is 0 Å². The summed E-state index contributed by atoms with van der Waals surface area (Å²) in [6.07, 6.45) is 10.2. The molecular formula is C26H39N5O2. The van der Waals surface area contributed by atoms with E-state index in [1.807, 2.05) is 18.3 Å². The number of rotatable bonds is 8. The molecule has 5 aliphatic rings. The molecule has 1 aliphatic heterocycles. The first kappa shape index (κ1) is 22.6. The summed E-state index contributed by atoms with van der Waals surface area (Å²) >= 11 is 0. The molecule has 0 spiro atoms. The molecule has 2 heterocycles. The number of pyridine rings is 1. The highest BCUT2D eigenvalue weighted by Crippen LogP contribution is 2.61. The number of carbonyl (C=O) groups excluding carboxylic acids is 2. The van der Waals surface area contributed by atoms with Crippen LogP contribution in [0.25, 0.3) is 0 Å². The SMILES string of the molecule is CCN1CCN(c2ccc(CNC(=O)CNC(=O)CC34CC5CC(CC(C5)C3)C4)cn2)CC1. The van der Waals surface area contributed by atoms with Gasteiger partial charge in [-0.25, -0.2) is 4.98 Å². The van der Waals surface area contributed by atoms with Crippen LogP contribution in [0.1, 0.15) is 57.4 Å². The first-order chi connectivity index (χ1) is 16.0. The number of nitrogens with zero attached hydrogens (tertiary/aromatic N) is 3. The second-order valence-corrected chi connectivity index (χ2v) is 11.1. The maximum atomic E-state index is 12.6. The number of hydrogen-bond donors (Lipinski definition) is 2. The second-order valence-electron chi connectivity index (χ2n) is 11.1. The van der Waals surface area contributed by atoms with Gasteiger partial charge in [0.25, 0.3) is 0 Å². The number of piperazine rings is 1. The molecule has 1 aromatic heterocycles. The number of aromatic nitrogens is 1. The van der Waals surface area contributed by atoms with Crippen molar-refractivity contribution < 1.29 is 9.59 Å². The summed E-state index contributed by atoms with van der Waals surface area (Å²) in [6.45, 7) is 7.93. The lowest BCUT2D eigenvalue weighted by atomic mass is 9.49. The van der Waals surface area contributed by atoms with Gasteiger partial charge in [0.05, 0.1) is 6.54 Å². The molecule has 180 valence electrons. The van der Waals surface area contributed by atoms with E-state index < -0.39 is 0 Å². The standard InChI is InChI=1S/C26H39N5O2/c1-2-30-5-7-31(8-6-30)23-4-3-19(16-27-23)17-28-25(33)18-29-24(32)15-26-12-20-9-21(13-26)11-22(10-20)14-26/h3-4,16,20-22H,2,5-15,17-18H2,1H3,(H,28,33)(H,29,32). The second kappa shape index (κ2) is 9.61. The molecule has 2 amide bonds. The third-order valence-corrected chi connectivity index (χ3v) is 8.59. The molecule has 6 rings (SSSR count). The number of nitrogens with one attached hydrogen (secondary N) is 2. The first-order valence-electron chi connectivity index (χ1n) is 13.0. The van der Waals surface area contributed by atoms with Crippen molar-refractivity contribution in [1.82, 2.24) is 20.5 Å². The zero-order valence-electron chi connectivity index (χ0n) is 20.0. The van der Waals surface area contributed by atoms with Crippen LogP contribution in [-0.4, -0.2) is 61.0 Å². The fourth-order valence-electron chi connectivity index (χ4n) is 7.35. The van der Waals surface area contributed by atoms with E-state index in [0.717, 1.165) is 61.9 Å². The van der Waals surface area contributed by atoms with Crippen LogP contribution in [0, 0.1) is 23.2 Å². The molecule has 7 nitrogen and oxygen atoms in total. The summed E-state index contributed by atoms with van der Waals surface area (Å²) in [5, 5.41) is 5.79. The highest BCUT2D eigenvalue weighted by atomic mass is 16.2. The molecule has 1 aromatic rings. The minimum absolute atomic E-state index is 0.0429. The van der Waals surface area contributed by atoms with E-state index in [0.29, 0.717) is 13.0 Å². The maximum Gasteiger partial charge on any atom is 0.239 e. The van der Waals surface area contributed by atoms with Gasteiger partial charge in [0.2, 0.25) is 11.8 Å². The van der Waals surface area contributed by atoms with Crippen molar-refractivity contribution in [1.29, 1.82) is 0 Å². The van der Waals surface area contributed by atoms with E-state index >= 15 is 0 Å². The van der Waals surface area contributed by atoms with Gasteiger partial charge in [0, 0.05) is 45.3 Å². The predicted molar refractivity (Wildman–Crippen MR) is 129 cm³/mol. The van der Waals surface area contributed by atoms with Gasteiger partial charge in [-0.3, -0.25) is 9.59 Å². The summed E-state index contributed by atoms with van der Waals surface area (Å²) in [5.74, 6) is 3.42. The lowest BCUT2D eigenvalue weighted by molar-refractivity contribution is -0.131. The quantitative estimate of drug-likeness (QED) is 0.633. The Morgan fingerprint density at radius 1 is 0.970 bits per heavy atom. The van der Waals surface area contributed by atoms with Gasteiger partial charge in [0.15, 0.2) is 0 Å². The Balaban J connectivity index is 1.03. The van der Waals surface area contributed by atoms with Gasteiger partial charge >= 0.3 is 0 Å². The fraction of sp³-hybridized carbons (Fsp3) is 0.731. The number of hydrogen-bond acceptors (Lipinski definition) is 5. The van der Waals surface area contributed by atoms with Crippen LogP contribution in [0.15, 0.2) is 18.3 Å². The normalized spacial score (nSPS) is 30.9. The largest absolute Gasteiger partial charge is 0.354 e. The number of anilines is 1. The molecular weight excluding hydrogens is 414 g/mol. The molecule has 4 saturated carbocycles. The Hall–Kier alpha value is -2.15. The van der Waals surface area contributed by atoms with Crippen LogP contribution in [0.5, 0.6) is 0 Å². The van der Waals surface area contributed by atoms with Crippen molar-refractivity contribution in [3.63, 3.8) is 0 Å². The predicted octanol–water partition coefficient (Wildman–Crippen LogP) is 2.56. The van der Waals surface area contributed by atoms with Crippen LogP contribution in [0.4, 0.5) is 5.82 Å². The van der Waals surface area contributed by atoms with Crippen LogP contribution in [0.2, 0.25) is 0 Å². The van der Waals surface area contributed by atoms with E-state index in [-0.39, 0.29) is 23.8 Å². The van der Waals surface area contributed by atoms with Gasteiger partial charge < -0.3 is 20.4 Å². The summed E-state index contributed by atoms with van der Waals surface area (Å²) < 4.78 is 0. The van der Waals surface area contributed by atoms with E-state index in [1.54, 1.807) is 0 Å². The molecule has 0 aromatic carbocycles. The van der Waals surface area contributed by atoms with Crippen LogP contribution >= 0.6 is 0 Å². The Kier molecular flexibility index (Phi) is 6.59. The lowest BCUT2D eigenvalue weighted by Crippen LogP contribution is -2.48. The van der Waals surface area contributed by atoms with Gasteiger partial charge in [0.1, 0.15) is 5.82 Å². The smallest absolute Gasteiger partial charge is 0.239 e. The highest BCUT2D eigenvalue weighted by Gasteiger charge is 2.51. The third-order valence-electron chi connectivity index (χ3n) is 8.59. The monoisotopic (exact) mass is 453 g/mol. The summed E-state index contributed by atoms with van der Waals surface area (Å²) in [6, 6.07) is 4.07. The lowest BCUT2D eigenvalue weighted by Gasteiger charge is -2.56. The van der Waals surface area contributed by atoms with Gasteiger partial charge in [-0.05, 0) is 79.9 Å². The molecule has 4 bridgehead atoms. The fourth-order valence-corrected chi connectivity index (χ4v) is 7.35. The Bertz CT molecular complexity index is 811. The summed E-state index contributed by atoms with van der Waals surface area (Å²) in [4.78, 5) is 34.3. The first-order valence-corrected chi connectivity index (χ1v) is 13.0. The molecule has 2 N–H and O–H groups in total. The summed E-state index contributed by atoms with van der Waals surface area (Å²) in [7, 11) is 0. The molecule has 1 saturated heterocycles. The average Bonchev–Trinajstić information content (AvgIpc) is 2.81. The van der Waals surface area contributed by atoms with Crippen LogP contribution in [-0.2, 0) is 16.1 Å². The van der Waals surface area contributed by atoms with E-state index in [1.165, 1.54) is 38.5 Å². The molecule has 7 heteroatoms. The van der Waals surface area contributed by atoms with Crippen molar-refractivity contribution in [3.8, 4) is 0 Å². The molecule has 33 heavy (non-hydrogen) atoms. The molecule has 4 aliphatic carbocycles. The van der Waals surface area contributed by atoms with Crippen molar-refractivity contribution in [2.45, 2.75) is 58.4 Å². The number of amides is 2. The van der Waals surface area contributed by atoms with Gasteiger partial charge in [-0.2, -0.15) is 0 Å². The van der Waals surface area contributed by atoms with Crippen molar-refractivity contribution in [3.05, 3.63) is 23.9 Å². The minimum atomic E-state index is -0.145. The number of carbonyl (C=O) groups is 2. The molecule has 0 radical (unpaired) electrons. The Morgan fingerprint density at radius 3 is 2.21 bits per heavy atom. The van der Waals surface area contributed by atoms with E-state index in [9.17, 15) is 9.59 Å². The summed E-state index contributed by atoms with van der Waals surface area (Å²) in [5.41, 5.74) is 1.19. The van der Waals surface area contributed by atoms with Gasteiger partial charge in [-0.15, -0.1) is 0 Å². The van der Waals surface area contributed by atoms with Crippen molar-refractivity contribution in [2.75, 3.05) is 44.2 Å². The zero-order valence-corrected chi connectivity index (χ0v) is 20.0. The topological polar surface area (TPSA) is 77.6 Å². The zero-order chi connectivity index (χ0) is 22.8. The Labute approximate surface area is 197 Å². The molecule has 0 atom stereocenters. The maximum absolute atomic E-state index is 12.6. The highest BCUT2D eigenvalue weighted by molar-refractivity contribution is 5.84. The van der Waals surface area contributed by atoms with E-state index in [2.05, 4.69) is 32.3 Å². The third kappa shape index (κ3) is 5.34. The Morgan fingerprint density at radius 2 is 1.64 bits per heavy atom. The van der Waals surface area contributed by atoms with Crippen LogP contribution < -0.4 is 15.5 Å². The van der Waals surface area contributed by atoms with Crippen molar-refractivity contribution >= 4 is 17.6 Å². The van der Waals surface area contributed by atoms with Crippen molar-refractivity contribution in [2.24, 2.45) is 23.2 Å². The van der Waals surface area contributed by atoms with E-state index in [4.69, 9.17) is 0 Å². The number of likely N-dealkylation sites (N-methyl/N-ethyl adjacent to an activating group) is 1. The van der Waals surface area contributed by atoms with Gasteiger partial charge in [-0.1, -0.05) is 13.0 Å². The minimum Gasteiger partial charge on any atom is -0.354 e. The molecule has 5 fully saturated rings. The average molecular weight is 454 g/mol.